The molecule has 0 amide bonds. The number of aromatic amines is 2. The molecule has 8 heteroatoms. The Bertz CT molecular complexity index is 838. The molecule has 2 aromatic rings. The Labute approximate surface area is 209 Å². The maximum Gasteiger partial charge on any atom is 0.278 e. The lowest BCUT2D eigenvalue weighted by atomic mass is 10.0. The third-order valence-electron chi connectivity index (χ3n) is 6.39. The van der Waals surface area contributed by atoms with Gasteiger partial charge in [0, 0.05) is 0 Å². The van der Waals surface area contributed by atoms with E-state index >= 15 is 0 Å². The van der Waals surface area contributed by atoms with Crippen LogP contribution in [-0.4, -0.2) is 36.5 Å². The molecular formula is C26H47N5O2S. The van der Waals surface area contributed by atoms with Gasteiger partial charge < -0.3 is 15.8 Å². The number of imidazole rings is 1. The lowest BCUT2D eigenvalue weighted by molar-refractivity contribution is 0.166. The highest BCUT2D eigenvalue weighted by atomic mass is 32.2. The summed E-state index contributed by atoms with van der Waals surface area (Å²) in [7, 11) is 0. The van der Waals surface area contributed by atoms with Gasteiger partial charge in [-0.25, -0.2) is 4.98 Å². The molecule has 0 saturated carbocycles. The second-order valence-corrected chi connectivity index (χ2v) is 10.7. The van der Waals surface area contributed by atoms with Crippen molar-refractivity contribution in [2.24, 2.45) is 0 Å². The third-order valence-corrected chi connectivity index (χ3v) is 7.49. The molecule has 0 aliphatic heterocycles. The number of aliphatic hydroxyl groups is 1. The monoisotopic (exact) mass is 493 g/mol. The van der Waals surface area contributed by atoms with Gasteiger partial charge in [0.05, 0.1) is 0 Å². The zero-order valence-electron chi connectivity index (χ0n) is 21.2. The summed E-state index contributed by atoms with van der Waals surface area (Å²) < 4.78 is 0. The SMILES string of the molecule is CCCCCCCCCCCCCCCCCCSCCC(O)c1nc2nc(N)[nH]c(=O)c2[nH]1. The number of aliphatic hydroxyl groups excluding tert-OH is 1. The lowest BCUT2D eigenvalue weighted by Gasteiger charge is -2.07. The van der Waals surface area contributed by atoms with E-state index in [9.17, 15) is 9.90 Å². The van der Waals surface area contributed by atoms with Gasteiger partial charge in [0.25, 0.3) is 5.56 Å². The van der Waals surface area contributed by atoms with Gasteiger partial charge in [-0.15, -0.1) is 0 Å². The minimum Gasteiger partial charge on any atom is -0.385 e. The van der Waals surface area contributed by atoms with Crippen molar-refractivity contribution >= 4 is 28.9 Å². The summed E-state index contributed by atoms with van der Waals surface area (Å²) in [5.74, 6) is 2.40. The van der Waals surface area contributed by atoms with Crippen LogP contribution in [0.15, 0.2) is 4.79 Å². The van der Waals surface area contributed by atoms with Crippen molar-refractivity contribution in [1.29, 1.82) is 0 Å². The lowest BCUT2D eigenvalue weighted by Crippen LogP contribution is -2.11. The molecule has 5 N–H and O–H groups in total. The minimum atomic E-state index is -0.729. The van der Waals surface area contributed by atoms with E-state index in [1.165, 1.54) is 103 Å². The number of nitrogens with one attached hydrogen (secondary N) is 2. The predicted molar refractivity (Wildman–Crippen MR) is 145 cm³/mol. The highest BCUT2D eigenvalue weighted by molar-refractivity contribution is 7.99. The van der Waals surface area contributed by atoms with Gasteiger partial charge in [-0.05, 0) is 24.3 Å². The summed E-state index contributed by atoms with van der Waals surface area (Å²) in [6.45, 7) is 2.28. The molecular weight excluding hydrogens is 446 g/mol. The number of hydrogen-bond donors (Lipinski definition) is 4. The quantitative estimate of drug-likeness (QED) is 0.145. The number of hydrogen-bond acceptors (Lipinski definition) is 6. The second kappa shape index (κ2) is 17.8. The van der Waals surface area contributed by atoms with Gasteiger partial charge in [-0.1, -0.05) is 103 Å². The number of aromatic nitrogens is 4. The summed E-state index contributed by atoms with van der Waals surface area (Å²) in [5.41, 5.74) is 5.67. The molecule has 34 heavy (non-hydrogen) atoms. The number of nitrogens with zero attached hydrogens (tertiary/aromatic N) is 2. The molecule has 0 aliphatic rings. The molecule has 2 rings (SSSR count). The van der Waals surface area contributed by atoms with Crippen LogP contribution in [0.5, 0.6) is 0 Å². The molecule has 0 bridgehead atoms. The van der Waals surface area contributed by atoms with Crippen LogP contribution in [0.3, 0.4) is 0 Å². The van der Waals surface area contributed by atoms with Crippen LogP contribution in [0.25, 0.3) is 11.2 Å². The summed E-state index contributed by atoms with van der Waals surface area (Å²) in [4.78, 5) is 25.3. The maximum atomic E-state index is 11.8. The van der Waals surface area contributed by atoms with Crippen molar-refractivity contribution in [1.82, 2.24) is 19.9 Å². The van der Waals surface area contributed by atoms with Gasteiger partial charge in [-0.3, -0.25) is 9.78 Å². The number of anilines is 1. The fraction of sp³-hybridized carbons (Fsp3) is 0.808. The number of nitrogens with two attached hydrogens (primary N) is 1. The van der Waals surface area contributed by atoms with Gasteiger partial charge in [0.15, 0.2) is 11.2 Å². The minimum absolute atomic E-state index is 0.0272. The van der Waals surface area contributed by atoms with E-state index in [1.807, 2.05) is 11.8 Å². The normalized spacial score (nSPS) is 12.5. The summed E-state index contributed by atoms with van der Waals surface area (Å²) in [5, 5.41) is 10.3. The summed E-state index contributed by atoms with van der Waals surface area (Å²) >= 11 is 1.87. The number of H-pyrrole nitrogens is 2. The van der Waals surface area contributed by atoms with E-state index in [2.05, 4.69) is 26.9 Å². The Hall–Kier alpha value is -1.54. The van der Waals surface area contributed by atoms with Crippen molar-refractivity contribution in [2.45, 2.75) is 122 Å². The second-order valence-electron chi connectivity index (χ2n) is 9.49. The van der Waals surface area contributed by atoms with Crippen molar-refractivity contribution in [3.05, 3.63) is 16.2 Å². The average Bonchev–Trinajstić information content (AvgIpc) is 3.25. The number of fused-ring (bicyclic) bond motifs is 1. The largest absolute Gasteiger partial charge is 0.385 e. The van der Waals surface area contributed by atoms with Crippen molar-refractivity contribution in [3.8, 4) is 0 Å². The van der Waals surface area contributed by atoms with Crippen LogP contribution >= 0.6 is 11.8 Å². The summed E-state index contributed by atoms with van der Waals surface area (Å²) in [6, 6.07) is 0. The van der Waals surface area contributed by atoms with E-state index < -0.39 is 6.10 Å². The Morgan fingerprint density at radius 1 is 0.794 bits per heavy atom. The molecule has 194 valence electrons. The first-order valence-corrected chi connectivity index (χ1v) is 14.8. The van der Waals surface area contributed by atoms with Crippen molar-refractivity contribution in [3.63, 3.8) is 0 Å². The van der Waals surface area contributed by atoms with Gasteiger partial charge >= 0.3 is 0 Å². The molecule has 0 fully saturated rings. The first kappa shape index (κ1) is 28.7. The molecule has 2 heterocycles. The van der Waals surface area contributed by atoms with Crippen LogP contribution in [0, 0.1) is 0 Å². The van der Waals surface area contributed by atoms with Gasteiger partial charge in [0.1, 0.15) is 11.9 Å². The zero-order valence-corrected chi connectivity index (χ0v) is 22.1. The van der Waals surface area contributed by atoms with E-state index in [4.69, 9.17) is 5.73 Å². The number of unbranched alkanes of at least 4 members (excludes halogenated alkanes) is 15. The topological polar surface area (TPSA) is 121 Å². The Kier molecular flexibility index (Phi) is 15.0. The Morgan fingerprint density at radius 3 is 1.88 bits per heavy atom. The predicted octanol–water partition coefficient (Wildman–Crippen LogP) is 6.65. The highest BCUT2D eigenvalue weighted by Crippen LogP contribution is 2.19. The summed E-state index contributed by atoms with van der Waals surface area (Å²) in [6.07, 6.45) is 22.1. The van der Waals surface area contributed by atoms with Crippen LogP contribution in [-0.2, 0) is 0 Å². The maximum absolute atomic E-state index is 11.8. The first-order valence-electron chi connectivity index (χ1n) is 13.6. The number of thioether (sulfide) groups is 1. The van der Waals surface area contributed by atoms with Gasteiger partial charge in [0.2, 0.25) is 5.95 Å². The van der Waals surface area contributed by atoms with E-state index in [1.54, 1.807) is 0 Å². The average molecular weight is 494 g/mol. The third kappa shape index (κ3) is 11.7. The van der Waals surface area contributed by atoms with Crippen LogP contribution in [0.1, 0.15) is 128 Å². The van der Waals surface area contributed by atoms with Crippen LogP contribution in [0.4, 0.5) is 5.95 Å². The van der Waals surface area contributed by atoms with Gasteiger partial charge in [-0.2, -0.15) is 16.7 Å². The van der Waals surface area contributed by atoms with E-state index in [0.29, 0.717) is 12.2 Å². The highest BCUT2D eigenvalue weighted by Gasteiger charge is 2.15. The molecule has 1 unspecified atom stereocenters. The first-order chi connectivity index (χ1) is 16.6. The van der Waals surface area contributed by atoms with E-state index in [0.717, 1.165) is 11.5 Å². The number of rotatable bonds is 21. The Balaban J connectivity index is 1.36. The molecule has 2 aromatic heterocycles. The molecule has 0 aliphatic carbocycles. The van der Waals surface area contributed by atoms with Crippen LogP contribution in [0.2, 0.25) is 0 Å². The molecule has 0 saturated heterocycles. The zero-order chi connectivity index (χ0) is 24.4. The van der Waals surface area contributed by atoms with Crippen LogP contribution < -0.4 is 11.3 Å². The van der Waals surface area contributed by atoms with Crippen molar-refractivity contribution < 1.29 is 5.11 Å². The molecule has 0 radical (unpaired) electrons. The van der Waals surface area contributed by atoms with Crippen molar-refractivity contribution in [2.75, 3.05) is 17.2 Å². The number of nitrogen functional groups attached to an aromatic ring is 1. The molecule has 0 aromatic carbocycles. The van der Waals surface area contributed by atoms with E-state index in [-0.39, 0.29) is 22.7 Å². The standard InChI is InChI=1S/C26H47N5O2S/c1-2-3-4-5-6-7-8-9-10-11-12-13-14-15-16-17-19-34-20-18-21(32)23-28-22-24(29-23)30-26(27)31-25(22)33/h21,32H,2-20H2,1H3,(H4,27,28,29,30,31,33). The smallest absolute Gasteiger partial charge is 0.278 e. The fourth-order valence-corrected chi connectivity index (χ4v) is 5.29. The molecule has 1 atom stereocenters. The molecule has 7 nitrogen and oxygen atoms in total. The molecule has 0 spiro atoms. The Morgan fingerprint density at radius 2 is 1.32 bits per heavy atom. The fourth-order valence-electron chi connectivity index (χ4n) is 4.29.